The highest BCUT2D eigenvalue weighted by Crippen LogP contribution is 2.58. The van der Waals surface area contributed by atoms with Crippen LogP contribution in [0, 0.1) is 26.7 Å². The lowest BCUT2D eigenvalue weighted by atomic mass is 10.0. The van der Waals surface area contributed by atoms with Gasteiger partial charge in [0.2, 0.25) is 5.96 Å². The Bertz CT molecular complexity index is 1230. The molecule has 1 spiro atoms. The van der Waals surface area contributed by atoms with Crippen molar-refractivity contribution in [3.8, 4) is 0 Å². The number of ether oxygens (including phenoxy) is 1. The topological polar surface area (TPSA) is 45.1 Å². The van der Waals surface area contributed by atoms with Crippen molar-refractivity contribution in [3.05, 3.63) is 89.5 Å². The first-order valence-corrected chi connectivity index (χ1v) is 11.8. The third-order valence-electron chi connectivity index (χ3n) is 7.18. The zero-order valence-corrected chi connectivity index (χ0v) is 20.4. The predicted octanol–water partition coefficient (Wildman–Crippen LogP) is 5.95. The van der Waals surface area contributed by atoms with Gasteiger partial charge in [-0.15, -0.1) is 0 Å². The van der Waals surface area contributed by atoms with Crippen LogP contribution < -0.4 is 9.80 Å². The fraction of sp³-hybridized carbons (Fsp3) is 0.310. The molecule has 174 valence electrons. The molecule has 2 fully saturated rings. The Hall–Kier alpha value is -3.60. The summed E-state index contributed by atoms with van der Waals surface area (Å²) >= 11 is 0. The summed E-state index contributed by atoms with van der Waals surface area (Å²) < 4.78 is 5.39. The molecule has 0 unspecified atom stereocenters. The number of nitrogens with zero attached hydrogens (tertiary/aromatic N) is 3. The van der Waals surface area contributed by atoms with E-state index in [9.17, 15) is 4.79 Å². The summed E-state index contributed by atoms with van der Waals surface area (Å²) in [5.74, 6) is 0.809. The average Bonchev–Trinajstić information content (AvgIpc) is 3.40. The summed E-state index contributed by atoms with van der Waals surface area (Å²) in [6.07, 6.45) is 0.885. The van der Waals surface area contributed by atoms with E-state index in [1.54, 1.807) is 0 Å². The maximum atomic E-state index is 13.4. The molecule has 5 heteroatoms. The van der Waals surface area contributed by atoms with Gasteiger partial charge in [0.1, 0.15) is 0 Å². The Morgan fingerprint density at radius 1 is 0.853 bits per heavy atom. The Morgan fingerprint density at radius 3 is 1.79 bits per heavy atom. The quantitative estimate of drug-likeness (QED) is 0.458. The normalized spacial score (nSPS) is 24.7. The predicted molar refractivity (Wildman–Crippen MR) is 138 cm³/mol. The minimum Gasteiger partial charge on any atom is -0.467 e. The van der Waals surface area contributed by atoms with Gasteiger partial charge in [0.05, 0.1) is 18.3 Å². The molecule has 3 aromatic carbocycles. The van der Waals surface area contributed by atoms with Gasteiger partial charge in [-0.05, 0) is 69.5 Å². The maximum Gasteiger partial charge on any atom is 0.331 e. The highest BCUT2D eigenvalue weighted by molar-refractivity contribution is 6.17. The number of anilines is 2. The number of hydrogen-bond donors (Lipinski definition) is 0. The van der Waals surface area contributed by atoms with Crippen LogP contribution in [0.15, 0.2) is 77.8 Å². The first-order chi connectivity index (χ1) is 16.3. The molecule has 0 radical (unpaired) electrons. The van der Waals surface area contributed by atoms with Gasteiger partial charge in [-0.2, -0.15) is 0 Å². The number of hydrogen-bond acceptors (Lipinski definition) is 3. The van der Waals surface area contributed by atoms with Crippen molar-refractivity contribution in [2.24, 2.45) is 10.9 Å². The molecule has 5 nitrogen and oxygen atoms in total. The van der Waals surface area contributed by atoms with Crippen molar-refractivity contribution >= 4 is 29.0 Å². The van der Waals surface area contributed by atoms with Crippen LogP contribution in [-0.2, 0) is 9.53 Å². The third kappa shape index (κ3) is 3.56. The third-order valence-corrected chi connectivity index (χ3v) is 7.18. The summed E-state index contributed by atoms with van der Waals surface area (Å²) in [5.41, 5.74) is 5.93. The molecule has 0 N–H and O–H groups in total. The molecule has 2 aliphatic rings. The van der Waals surface area contributed by atoms with Gasteiger partial charge in [0.15, 0.2) is 6.04 Å². The minimum absolute atomic E-state index is 0.240. The molecule has 1 heterocycles. The molecule has 5 rings (SSSR count). The van der Waals surface area contributed by atoms with Gasteiger partial charge in [0, 0.05) is 11.4 Å². The Balaban J connectivity index is 1.77. The standard InChI is InChI=1S/C29H31N3O2/c1-19-6-12-23(13-7-19)30-28-31(24-14-8-20(2)9-15-24)26(27(33)34-5)29(18-22(29)4)32(28)25-16-10-21(3)11-17-25/h6-17,22,26H,18H2,1-5H3/t22-,26-,29-/m0/s1. The lowest BCUT2D eigenvalue weighted by Crippen LogP contribution is -2.47. The van der Waals surface area contributed by atoms with Crippen LogP contribution in [0.3, 0.4) is 0 Å². The van der Waals surface area contributed by atoms with Gasteiger partial charge in [-0.1, -0.05) is 60.0 Å². The molecule has 0 aromatic heterocycles. The van der Waals surface area contributed by atoms with Crippen molar-refractivity contribution in [2.75, 3.05) is 16.9 Å². The highest BCUT2D eigenvalue weighted by Gasteiger charge is 2.71. The summed E-state index contributed by atoms with van der Waals surface area (Å²) in [4.78, 5) is 22.9. The monoisotopic (exact) mass is 453 g/mol. The summed E-state index contributed by atoms with van der Waals surface area (Å²) in [5, 5.41) is 0. The summed E-state index contributed by atoms with van der Waals surface area (Å²) in [7, 11) is 1.47. The van der Waals surface area contributed by atoms with Gasteiger partial charge < -0.3 is 9.64 Å². The lowest BCUT2D eigenvalue weighted by Gasteiger charge is -2.28. The Labute approximate surface area is 201 Å². The van der Waals surface area contributed by atoms with Crippen LogP contribution in [0.4, 0.5) is 17.1 Å². The smallest absolute Gasteiger partial charge is 0.331 e. The Kier molecular flexibility index (Phi) is 5.43. The van der Waals surface area contributed by atoms with Crippen LogP contribution in [0.2, 0.25) is 0 Å². The van der Waals surface area contributed by atoms with E-state index in [0.717, 1.165) is 29.4 Å². The van der Waals surface area contributed by atoms with Crippen molar-refractivity contribution in [3.63, 3.8) is 0 Å². The summed E-state index contributed by atoms with van der Waals surface area (Å²) in [6, 6.07) is 24.4. The van der Waals surface area contributed by atoms with Crippen molar-refractivity contribution in [1.82, 2.24) is 0 Å². The van der Waals surface area contributed by atoms with Crippen LogP contribution in [0.25, 0.3) is 0 Å². The fourth-order valence-corrected chi connectivity index (χ4v) is 5.16. The molecule has 1 saturated heterocycles. The molecule has 34 heavy (non-hydrogen) atoms. The second-order valence-corrected chi connectivity index (χ2v) is 9.65. The van der Waals surface area contributed by atoms with E-state index in [2.05, 4.69) is 98.2 Å². The molecule has 0 amide bonds. The molecular formula is C29H31N3O2. The number of methoxy groups -OCH3 is 1. The fourth-order valence-electron chi connectivity index (χ4n) is 5.16. The van der Waals surface area contributed by atoms with Gasteiger partial charge in [0.25, 0.3) is 0 Å². The molecule has 1 saturated carbocycles. The maximum absolute atomic E-state index is 13.4. The number of esters is 1. The number of aliphatic imine (C=N–C) groups is 1. The highest BCUT2D eigenvalue weighted by atomic mass is 16.5. The first-order valence-electron chi connectivity index (χ1n) is 11.8. The van der Waals surface area contributed by atoms with E-state index in [1.165, 1.54) is 23.8 Å². The minimum atomic E-state index is -0.499. The van der Waals surface area contributed by atoms with Crippen LogP contribution >= 0.6 is 0 Å². The van der Waals surface area contributed by atoms with Crippen LogP contribution in [0.5, 0.6) is 0 Å². The largest absolute Gasteiger partial charge is 0.467 e. The zero-order valence-electron chi connectivity index (χ0n) is 20.4. The van der Waals surface area contributed by atoms with Crippen molar-refractivity contribution in [1.29, 1.82) is 0 Å². The van der Waals surface area contributed by atoms with E-state index in [1.807, 2.05) is 12.1 Å². The van der Waals surface area contributed by atoms with E-state index in [4.69, 9.17) is 9.73 Å². The van der Waals surface area contributed by atoms with Crippen molar-refractivity contribution < 1.29 is 9.53 Å². The van der Waals surface area contributed by atoms with Gasteiger partial charge in [-0.3, -0.25) is 4.90 Å². The van der Waals surface area contributed by atoms with Crippen molar-refractivity contribution in [2.45, 2.75) is 45.7 Å². The zero-order chi connectivity index (χ0) is 24.0. The Morgan fingerprint density at radius 2 is 1.32 bits per heavy atom. The van der Waals surface area contributed by atoms with Gasteiger partial charge >= 0.3 is 5.97 Å². The number of benzene rings is 3. The molecular weight excluding hydrogens is 422 g/mol. The number of carbonyl (C=O) groups excluding carboxylic acids is 1. The van der Waals surface area contributed by atoms with Crippen LogP contribution in [-0.4, -0.2) is 30.6 Å². The van der Waals surface area contributed by atoms with Crippen LogP contribution in [0.1, 0.15) is 30.0 Å². The van der Waals surface area contributed by atoms with E-state index in [0.29, 0.717) is 5.92 Å². The second-order valence-electron chi connectivity index (χ2n) is 9.65. The number of aryl methyl sites for hydroxylation is 3. The molecule has 0 bridgehead atoms. The second kappa shape index (κ2) is 8.32. The number of rotatable bonds is 4. The van der Waals surface area contributed by atoms with E-state index in [-0.39, 0.29) is 5.97 Å². The first kappa shape index (κ1) is 22.2. The number of carbonyl (C=O) groups is 1. The molecule has 1 aliphatic heterocycles. The summed E-state index contributed by atoms with van der Waals surface area (Å²) in [6.45, 7) is 8.42. The molecule has 1 aliphatic carbocycles. The van der Waals surface area contributed by atoms with E-state index < -0.39 is 11.6 Å². The SMILES string of the molecule is COC(=O)[C@@H]1N(c2ccc(C)cc2)C(=Nc2ccc(C)cc2)N(c2ccc(C)cc2)[C@]12C[C@@H]2C. The molecule has 3 atom stereocenters. The number of guanidine groups is 1. The molecule has 3 aromatic rings. The van der Waals surface area contributed by atoms with Gasteiger partial charge in [-0.25, -0.2) is 9.79 Å². The average molecular weight is 454 g/mol. The van der Waals surface area contributed by atoms with E-state index >= 15 is 0 Å². The lowest BCUT2D eigenvalue weighted by molar-refractivity contribution is -0.142.